The van der Waals surface area contributed by atoms with Gasteiger partial charge >= 0.3 is 0 Å². The summed E-state index contributed by atoms with van der Waals surface area (Å²) < 4.78 is 12.0. The zero-order valence-corrected chi connectivity index (χ0v) is 21.4. The zero-order valence-electron chi connectivity index (χ0n) is 18.4. The third-order valence-corrected chi connectivity index (χ3v) is 8.66. The number of hydrogen-bond acceptors (Lipinski definition) is 3. The molecule has 6 heteroatoms. The second-order valence-electron chi connectivity index (χ2n) is 9.74. The Morgan fingerprint density at radius 2 is 1.83 bits per heavy atom. The van der Waals surface area contributed by atoms with Crippen LogP contribution in [0.1, 0.15) is 71.6 Å². The molecule has 4 atom stereocenters. The molecule has 0 unspecified atom stereocenters. The first-order chi connectivity index (χ1) is 13.0. The Hall–Kier alpha value is 0.150. The van der Waals surface area contributed by atoms with Crippen LogP contribution in [0.3, 0.4) is 0 Å². The highest BCUT2D eigenvalue weighted by Gasteiger charge is 2.59. The van der Waals surface area contributed by atoms with E-state index >= 15 is 0 Å². The van der Waals surface area contributed by atoms with E-state index in [9.17, 15) is 5.11 Å². The monoisotopic (exact) mass is 472 g/mol. The van der Waals surface area contributed by atoms with Gasteiger partial charge in [-0.05, 0) is 74.9 Å². The summed E-state index contributed by atoms with van der Waals surface area (Å²) >= 11 is 0. The average Bonchev–Trinajstić information content (AvgIpc) is 3.22. The molecule has 1 spiro atoms. The van der Waals surface area contributed by atoms with Crippen LogP contribution in [0.4, 0.5) is 0 Å². The van der Waals surface area contributed by atoms with E-state index in [0.29, 0.717) is 11.8 Å². The minimum atomic E-state index is -0.539. The van der Waals surface area contributed by atoms with Crippen LogP contribution in [0.25, 0.3) is 0 Å². The lowest BCUT2D eigenvalue weighted by molar-refractivity contribution is -0.164. The molecule has 0 amide bonds. The van der Waals surface area contributed by atoms with E-state index in [4.69, 9.17) is 9.47 Å². The van der Waals surface area contributed by atoms with Gasteiger partial charge in [-0.1, -0.05) is 30.7 Å². The highest BCUT2D eigenvalue weighted by atomic mass is 32.1. The summed E-state index contributed by atoms with van der Waals surface area (Å²) in [5, 5.41) is 11.5. The van der Waals surface area contributed by atoms with E-state index in [1.807, 2.05) is 0 Å². The molecule has 0 aromatic carbocycles. The van der Waals surface area contributed by atoms with E-state index in [0.717, 1.165) is 51.7 Å². The van der Waals surface area contributed by atoms with Gasteiger partial charge in [0.25, 0.3) is 0 Å². The summed E-state index contributed by atoms with van der Waals surface area (Å²) in [6.45, 7) is 5.92. The zero-order chi connectivity index (χ0) is 18.7. The van der Waals surface area contributed by atoms with Crippen molar-refractivity contribution in [1.29, 1.82) is 0 Å². The Balaban J connectivity index is 0.00000107. The minimum Gasteiger partial charge on any atom is -0.389 e. The number of hydrogen-bond donors (Lipinski definition) is 1. The van der Waals surface area contributed by atoms with Gasteiger partial charge in [-0.3, -0.25) is 0 Å². The largest absolute Gasteiger partial charge is 0.389 e. The van der Waals surface area contributed by atoms with Crippen molar-refractivity contribution in [1.82, 2.24) is 0 Å². The second-order valence-corrected chi connectivity index (χ2v) is 9.74. The molecule has 0 radical (unpaired) electrons. The first kappa shape index (κ1) is 26.4. The van der Waals surface area contributed by atoms with Crippen LogP contribution in [-0.2, 0) is 9.47 Å². The molecule has 0 bridgehead atoms. The molecule has 5 rings (SSSR count). The Kier molecular flexibility index (Phi) is 8.42. The van der Waals surface area contributed by atoms with Crippen molar-refractivity contribution >= 4 is 40.5 Å². The molecule has 1 aliphatic heterocycles. The smallest absolute Gasteiger partial charge is 0.172 e. The van der Waals surface area contributed by atoms with Crippen molar-refractivity contribution < 1.29 is 14.6 Å². The highest BCUT2D eigenvalue weighted by molar-refractivity contribution is 7.59. The molecule has 1 heterocycles. The maximum Gasteiger partial charge on any atom is 0.172 e. The molecule has 30 heavy (non-hydrogen) atoms. The molecule has 1 N–H and O–H groups in total. The highest BCUT2D eigenvalue weighted by Crippen LogP contribution is 2.63. The van der Waals surface area contributed by atoms with Crippen LogP contribution in [0.2, 0.25) is 0 Å². The molecule has 172 valence electrons. The third kappa shape index (κ3) is 3.88. The van der Waals surface area contributed by atoms with Gasteiger partial charge in [-0.25, -0.2) is 0 Å². The second kappa shape index (κ2) is 9.56. The van der Waals surface area contributed by atoms with E-state index < -0.39 is 5.60 Å². The fourth-order valence-corrected chi connectivity index (χ4v) is 7.05. The van der Waals surface area contributed by atoms with Gasteiger partial charge in [-0.2, -0.15) is 40.5 Å². The summed E-state index contributed by atoms with van der Waals surface area (Å²) in [5.41, 5.74) is 4.33. The van der Waals surface area contributed by atoms with Crippen molar-refractivity contribution in [2.24, 2.45) is 17.3 Å². The number of aliphatic hydroxyl groups is 1. The number of allylic oxidation sites excluding steroid dienone is 4. The lowest BCUT2D eigenvalue weighted by Crippen LogP contribution is -2.49. The molecule has 5 aliphatic rings. The molecule has 1 saturated carbocycles. The van der Waals surface area contributed by atoms with Crippen LogP contribution in [0.5, 0.6) is 0 Å². The third-order valence-electron chi connectivity index (χ3n) is 8.66. The Morgan fingerprint density at radius 3 is 2.53 bits per heavy atom. The average molecular weight is 473 g/mol. The fraction of sp³-hybridized carbons (Fsp3) is 0.750. The van der Waals surface area contributed by atoms with Crippen molar-refractivity contribution in [3.8, 4) is 0 Å². The normalized spacial score (nSPS) is 38.7. The summed E-state index contributed by atoms with van der Waals surface area (Å²) in [5.74, 6) is 0.952. The van der Waals surface area contributed by atoms with E-state index in [-0.39, 0.29) is 51.7 Å². The van der Waals surface area contributed by atoms with Gasteiger partial charge in [0.05, 0.1) is 18.8 Å². The number of fused-ring (bicyclic) bond motifs is 4. The summed E-state index contributed by atoms with van der Waals surface area (Å²) in [4.78, 5) is 0. The lowest BCUT2D eigenvalue weighted by Gasteiger charge is -2.51. The summed E-state index contributed by atoms with van der Waals surface area (Å²) in [6, 6.07) is 0. The van der Waals surface area contributed by atoms with Crippen molar-refractivity contribution in [2.75, 3.05) is 13.2 Å². The molecule has 2 fully saturated rings. The predicted molar refractivity (Wildman–Crippen MR) is 137 cm³/mol. The van der Waals surface area contributed by atoms with Crippen LogP contribution < -0.4 is 0 Å². The number of rotatable bonds is 2. The van der Waals surface area contributed by atoms with Gasteiger partial charge in [0.2, 0.25) is 0 Å². The summed E-state index contributed by atoms with van der Waals surface area (Å²) in [6.07, 6.45) is 16.2. The van der Waals surface area contributed by atoms with Crippen molar-refractivity contribution in [3.05, 3.63) is 34.9 Å². The first-order valence-corrected chi connectivity index (χ1v) is 11.0. The topological polar surface area (TPSA) is 38.7 Å². The van der Waals surface area contributed by atoms with E-state index in [1.54, 1.807) is 16.7 Å². The van der Waals surface area contributed by atoms with Gasteiger partial charge in [0.15, 0.2) is 5.79 Å². The van der Waals surface area contributed by atoms with Crippen LogP contribution in [0.15, 0.2) is 34.9 Å². The molecule has 4 aliphatic carbocycles. The quantitative estimate of drug-likeness (QED) is 0.547. The SMILES string of the molecule is C/C=C/C[C@]1(O)CC[C@H]2[C@@H]3CCC4=C(CCC5(C4)OCCO5)C3=CC[C@@]21C.S.S.S. The fourth-order valence-electron chi connectivity index (χ4n) is 7.05. The van der Waals surface area contributed by atoms with Crippen LogP contribution in [-0.4, -0.2) is 29.7 Å². The van der Waals surface area contributed by atoms with Gasteiger partial charge in [0.1, 0.15) is 0 Å². The minimum absolute atomic E-state index is 0. The maximum atomic E-state index is 11.5. The summed E-state index contributed by atoms with van der Waals surface area (Å²) in [7, 11) is 0. The molecule has 0 aromatic rings. The van der Waals surface area contributed by atoms with E-state index in [1.165, 1.54) is 19.3 Å². The van der Waals surface area contributed by atoms with E-state index in [2.05, 4.69) is 32.1 Å². The van der Waals surface area contributed by atoms with Gasteiger partial charge < -0.3 is 14.6 Å². The predicted octanol–water partition coefficient (Wildman–Crippen LogP) is 5.40. The maximum absolute atomic E-state index is 11.5. The van der Waals surface area contributed by atoms with Crippen LogP contribution in [0, 0.1) is 17.3 Å². The Bertz CT molecular complexity index is 725. The molecular weight excluding hydrogens is 432 g/mol. The Morgan fingerprint density at radius 1 is 1.10 bits per heavy atom. The van der Waals surface area contributed by atoms with Crippen molar-refractivity contribution in [3.63, 3.8) is 0 Å². The number of ether oxygens (including phenoxy) is 2. The molecule has 3 nitrogen and oxygen atoms in total. The molecule has 1 saturated heterocycles. The lowest BCUT2D eigenvalue weighted by atomic mass is 9.56. The molecular formula is C24H40O3S3. The van der Waals surface area contributed by atoms with Gasteiger partial charge in [-0.15, -0.1) is 0 Å². The van der Waals surface area contributed by atoms with Crippen LogP contribution >= 0.6 is 40.5 Å². The first-order valence-electron chi connectivity index (χ1n) is 11.0. The van der Waals surface area contributed by atoms with Crippen molar-refractivity contribution in [2.45, 2.75) is 83.0 Å². The standard InChI is InChI=1S/C24H34O3.3H2S/c1-3-4-10-23(25)12-9-21-20-6-5-17-16-24(26-14-15-27-24)13-8-18(17)19(20)7-11-22(21,23)2;;;/h3-4,7,20-21,25H,5-6,8-16H2,1-2H3;3*1H2/b4-3+;;;/t20-,21+,22+,23+;;;/m1.../s1. The van der Waals surface area contributed by atoms with Gasteiger partial charge in [0, 0.05) is 18.3 Å². The molecule has 0 aromatic heterocycles. The Labute approximate surface area is 203 Å².